The summed E-state index contributed by atoms with van der Waals surface area (Å²) in [4.78, 5) is 50.1. The van der Waals surface area contributed by atoms with Crippen LogP contribution in [0.2, 0.25) is 0 Å². The topological polar surface area (TPSA) is 111 Å². The van der Waals surface area contributed by atoms with Crippen molar-refractivity contribution in [2.45, 2.75) is 46.3 Å². The quantitative estimate of drug-likeness (QED) is 0.615. The lowest BCUT2D eigenvalue weighted by Crippen LogP contribution is -2.30. The summed E-state index contributed by atoms with van der Waals surface area (Å²) in [6.07, 6.45) is 6.85. The second-order valence-electron chi connectivity index (χ2n) is 7.53. The molecule has 0 aliphatic carbocycles. The smallest absolute Gasteiger partial charge is 0.326 e. The minimum absolute atomic E-state index is 0.0902. The van der Waals surface area contributed by atoms with E-state index >= 15 is 0 Å². The first kappa shape index (κ1) is 19.7. The zero-order valence-corrected chi connectivity index (χ0v) is 16.9. The third kappa shape index (κ3) is 3.54. The summed E-state index contributed by atoms with van der Waals surface area (Å²) in [5, 5.41) is 2.81. The van der Waals surface area contributed by atoms with Gasteiger partial charge >= 0.3 is 11.4 Å². The molecule has 0 saturated carbocycles. The Labute approximate surface area is 171 Å². The average Bonchev–Trinajstić information content (AvgIpc) is 2.95. The second kappa shape index (κ2) is 7.66. The number of aryl methyl sites for hydroxylation is 3. The summed E-state index contributed by atoms with van der Waals surface area (Å²) < 4.78 is 4.86. The number of carbonyl (C=O) groups is 1. The van der Waals surface area contributed by atoms with Crippen molar-refractivity contribution in [3.8, 4) is 0 Å². The van der Waals surface area contributed by atoms with Gasteiger partial charge in [0, 0.05) is 44.0 Å². The lowest BCUT2D eigenvalue weighted by Gasteiger charge is -2.15. The molecule has 0 spiro atoms. The number of hydrogen-bond donors (Lipinski definition) is 2. The fourth-order valence-corrected chi connectivity index (χ4v) is 3.94. The first-order valence-electron chi connectivity index (χ1n) is 9.84. The van der Waals surface area contributed by atoms with E-state index in [1.165, 1.54) is 17.7 Å². The molecule has 2 N–H and O–H groups in total. The molecule has 0 unspecified atom stereocenters. The van der Waals surface area contributed by atoms with Gasteiger partial charge in [-0.15, -0.1) is 0 Å². The van der Waals surface area contributed by atoms with Crippen LogP contribution < -0.4 is 22.3 Å². The van der Waals surface area contributed by atoms with Gasteiger partial charge < -0.3 is 5.32 Å². The monoisotopic (exact) mass is 409 g/mol. The molecule has 0 atom stereocenters. The van der Waals surface area contributed by atoms with E-state index in [1.54, 1.807) is 22.1 Å². The molecule has 30 heavy (non-hydrogen) atoms. The van der Waals surface area contributed by atoms with Crippen molar-refractivity contribution in [3.63, 3.8) is 0 Å². The van der Waals surface area contributed by atoms with Gasteiger partial charge in [-0.05, 0) is 37.5 Å². The molecule has 3 aromatic rings. The Morgan fingerprint density at radius 3 is 2.73 bits per heavy atom. The third-order valence-corrected chi connectivity index (χ3v) is 5.29. The third-order valence-electron chi connectivity index (χ3n) is 5.29. The fourth-order valence-electron chi connectivity index (χ4n) is 3.94. The summed E-state index contributed by atoms with van der Waals surface area (Å²) in [6, 6.07) is 3.76. The van der Waals surface area contributed by atoms with Crippen LogP contribution in [0.1, 0.15) is 24.5 Å². The van der Waals surface area contributed by atoms with Crippen molar-refractivity contribution in [1.82, 2.24) is 18.7 Å². The number of carbonyl (C=O) groups excluding carboxylic acids is 1. The van der Waals surface area contributed by atoms with Crippen LogP contribution in [-0.4, -0.2) is 24.6 Å². The Hall–Kier alpha value is -3.62. The maximum Gasteiger partial charge on any atom is 0.329 e. The Morgan fingerprint density at radius 1 is 1.20 bits per heavy atom. The number of imidazole rings is 1. The summed E-state index contributed by atoms with van der Waals surface area (Å²) >= 11 is 0. The first-order valence-corrected chi connectivity index (χ1v) is 9.84. The van der Waals surface area contributed by atoms with Crippen LogP contribution in [0.5, 0.6) is 0 Å². The van der Waals surface area contributed by atoms with Gasteiger partial charge in [0.2, 0.25) is 5.91 Å². The molecule has 9 nitrogen and oxygen atoms in total. The Bertz CT molecular complexity index is 1350. The molecule has 4 rings (SSSR count). The Balaban J connectivity index is 1.66. The minimum atomic E-state index is -0.473. The maximum atomic E-state index is 12.9. The molecule has 0 saturated heterocycles. The molecule has 0 fully saturated rings. The van der Waals surface area contributed by atoms with Gasteiger partial charge in [-0.25, -0.2) is 9.59 Å². The molecule has 156 valence electrons. The number of allylic oxidation sites excluding steroid dienone is 2. The molecule has 1 amide bonds. The molecule has 3 heterocycles. The largest absolute Gasteiger partial charge is 0.329 e. The summed E-state index contributed by atoms with van der Waals surface area (Å²) in [7, 11) is 0. The average molecular weight is 409 g/mol. The van der Waals surface area contributed by atoms with Crippen LogP contribution in [0.25, 0.3) is 11.0 Å². The van der Waals surface area contributed by atoms with E-state index < -0.39 is 11.2 Å². The molecular formula is C21H23N5O4. The fraction of sp³-hybridized carbons (Fsp3) is 0.333. The molecule has 9 heteroatoms. The van der Waals surface area contributed by atoms with E-state index in [-0.39, 0.29) is 18.1 Å². The SMILES string of the molecule is CC(=O)Nc1cc2c3c(c1)n(C/C=C\Cn1cc(C)c(=O)[nH]c1=O)c(=O)n3CCC2. The molecular weight excluding hydrogens is 386 g/mol. The second-order valence-corrected chi connectivity index (χ2v) is 7.53. The van der Waals surface area contributed by atoms with Crippen LogP contribution in [-0.2, 0) is 30.8 Å². The molecule has 0 radical (unpaired) electrons. The number of rotatable bonds is 5. The summed E-state index contributed by atoms with van der Waals surface area (Å²) in [5.74, 6) is -0.160. The number of aromatic nitrogens is 4. The molecule has 0 bridgehead atoms. The summed E-state index contributed by atoms with van der Waals surface area (Å²) in [5.41, 5.74) is 2.93. The van der Waals surface area contributed by atoms with Gasteiger partial charge in [0.05, 0.1) is 11.0 Å². The first-order chi connectivity index (χ1) is 14.3. The van der Waals surface area contributed by atoms with E-state index in [4.69, 9.17) is 0 Å². The zero-order chi connectivity index (χ0) is 21.4. The normalized spacial score (nSPS) is 13.3. The van der Waals surface area contributed by atoms with Crippen molar-refractivity contribution >= 4 is 22.6 Å². The van der Waals surface area contributed by atoms with Crippen LogP contribution in [0, 0.1) is 6.92 Å². The molecule has 1 aromatic carbocycles. The van der Waals surface area contributed by atoms with Crippen molar-refractivity contribution < 1.29 is 4.79 Å². The number of benzene rings is 1. The van der Waals surface area contributed by atoms with Crippen LogP contribution in [0.4, 0.5) is 5.69 Å². The van der Waals surface area contributed by atoms with Crippen molar-refractivity contribution in [1.29, 1.82) is 0 Å². The molecule has 1 aliphatic rings. The predicted octanol–water partition coefficient (Wildman–Crippen LogP) is 1.12. The highest BCUT2D eigenvalue weighted by atomic mass is 16.2. The van der Waals surface area contributed by atoms with E-state index in [2.05, 4.69) is 10.3 Å². The summed E-state index contributed by atoms with van der Waals surface area (Å²) in [6.45, 7) is 4.38. The highest BCUT2D eigenvalue weighted by Gasteiger charge is 2.20. The van der Waals surface area contributed by atoms with Gasteiger partial charge in [-0.3, -0.25) is 28.3 Å². The number of nitrogens with zero attached hydrogens (tertiary/aromatic N) is 3. The van der Waals surface area contributed by atoms with Crippen molar-refractivity contribution in [2.24, 2.45) is 0 Å². The van der Waals surface area contributed by atoms with E-state index in [1.807, 2.05) is 18.2 Å². The van der Waals surface area contributed by atoms with Gasteiger partial charge in [0.1, 0.15) is 0 Å². The minimum Gasteiger partial charge on any atom is -0.326 e. The van der Waals surface area contributed by atoms with Gasteiger partial charge in [0.15, 0.2) is 0 Å². The number of anilines is 1. The van der Waals surface area contributed by atoms with Crippen LogP contribution in [0.15, 0.2) is 44.9 Å². The lowest BCUT2D eigenvalue weighted by molar-refractivity contribution is -0.114. The number of hydrogen-bond acceptors (Lipinski definition) is 4. The van der Waals surface area contributed by atoms with E-state index in [9.17, 15) is 19.2 Å². The van der Waals surface area contributed by atoms with Gasteiger partial charge in [-0.2, -0.15) is 0 Å². The highest BCUT2D eigenvalue weighted by molar-refractivity contribution is 5.93. The van der Waals surface area contributed by atoms with Crippen LogP contribution >= 0.6 is 0 Å². The van der Waals surface area contributed by atoms with E-state index in [0.717, 1.165) is 29.4 Å². The van der Waals surface area contributed by atoms with E-state index in [0.29, 0.717) is 24.3 Å². The standard InChI is InChI=1S/C21H23N5O4/c1-13-12-24(20(29)23-19(13)28)7-3-4-8-25-17-11-16(22-14(2)27)10-15-6-5-9-26(18(15)17)21(25)30/h3-4,10-12H,5-9H2,1-2H3,(H,22,27)(H,23,28,29)/b4-3-. The Kier molecular flexibility index (Phi) is 5.03. The lowest BCUT2D eigenvalue weighted by atomic mass is 10.0. The Morgan fingerprint density at radius 2 is 1.97 bits per heavy atom. The highest BCUT2D eigenvalue weighted by Crippen LogP contribution is 2.28. The molecule has 2 aromatic heterocycles. The van der Waals surface area contributed by atoms with Crippen molar-refractivity contribution in [3.05, 3.63) is 72.9 Å². The zero-order valence-electron chi connectivity index (χ0n) is 16.9. The molecule has 1 aliphatic heterocycles. The van der Waals surface area contributed by atoms with Gasteiger partial charge in [-0.1, -0.05) is 12.2 Å². The number of H-pyrrole nitrogens is 1. The number of aromatic amines is 1. The van der Waals surface area contributed by atoms with Crippen molar-refractivity contribution in [2.75, 3.05) is 5.32 Å². The maximum absolute atomic E-state index is 12.9. The predicted molar refractivity (Wildman–Crippen MR) is 114 cm³/mol. The van der Waals surface area contributed by atoms with Crippen LogP contribution in [0.3, 0.4) is 0 Å². The number of amides is 1. The number of nitrogens with one attached hydrogen (secondary N) is 2. The van der Waals surface area contributed by atoms with Gasteiger partial charge in [0.25, 0.3) is 5.56 Å².